The molecule has 0 N–H and O–H groups in total. The van der Waals surface area contributed by atoms with Crippen LogP contribution in [0.15, 0.2) is 267 Å². The standard InChI is InChI=1S/C59H36.C11H12.C5H8.2C2H6.CH4/c1-3-14-45(15-4-1)59(46-16-5-2-6-17-46)54-33-30-43(36-53(54)57-50-20-9-7-18-48(50)49-19-8-10-21-52(49)58(57)59)41-24-25-42-35-44(27-26-40(42)34-41)47-31-28-39-23-22-37-12-11-13-38-29-32-51(47)56(39)55(37)38;1-9-5-4-7-10-6-2-3-8-11(9)10;1-3-5-4-2;2*1-2;/h1-36H;2,4-7H,3,8H2,1H3;3-5H,1H2,2H3;2*1-2H3;1H4/b;;5-4-;;;. The predicted octanol–water partition coefficient (Wildman–Crippen LogP) is 23.1. The second-order valence-corrected chi connectivity index (χ2v) is 20.2. The van der Waals surface area contributed by atoms with Gasteiger partial charge in [0.15, 0.2) is 0 Å². The number of allylic oxidation sites excluding steroid dienone is 4. The van der Waals surface area contributed by atoms with Gasteiger partial charge in [0.25, 0.3) is 0 Å². The number of hydrogen-bond donors (Lipinski definition) is 0. The number of fused-ring (bicyclic) bond motifs is 10. The quantitative estimate of drug-likeness (QED) is 0.119. The molecule has 0 spiro atoms. The lowest BCUT2D eigenvalue weighted by Crippen LogP contribution is -2.28. The molecule has 2 aliphatic rings. The normalized spacial score (nSPS) is 12.5. The van der Waals surface area contributed by atoms with Crippen molar-refractivity contribution >= 4 is 70.7 Å². The van der Waals surface area contributed by atoms with Crippen molar-refractivity contribution < 1.29 is 0 Å². The SMILES string of the molecule is C.C=C/C=C\C.CC.CC.Cc1cccc2c1CCC=C2.c1ccc(C2(c3ccccc3)c3ccc(-c4ccc5cc(-c6ccc7ccc8cccc9ccc6c7c89)ccc5c4)cc3-c3c2c2ccccc2c2ccccc32)cc1. The Morgan fingerprint density at radius 1 is 0.438 bits per heavy atom. The minimum atomic E-state index is -0.500. The fourth-order valence-corrected chi connectivity index (χ4v) is 12.7. The summed E-state index contributed by atoms with van der Waals surface area (Å²) in [6.45, 7) is 15.6. The summed E-state index contributed by atoms with van der Waals surface area (Å²) in [4.78, 5) is 0. The Hall–Kier alpha value is -9.10. The van der Waals surface area contributed by atoms with E-state index in [2.05, 4.69) is 262 Å². The zero-order valence-electron chi connectivity index (χ0n) is 46.5. The van der Waals surface area contributed by atoms with Crippen molar-refractivity contribution in [3.8, 4) is 33.4 Å². The Bertz CT molecular complexity index is 4320. The number of hydrogen-bond acceptors (Lipinski definition) is 0. The van der Waals surface area contributed by atoms with Gasteiger partial charge in [0.1, 0.15) is 0 Å². The predicted molar refractivity (Wildman–Crippen MR) is 354 cm³/mol. The molecule has 80 heavy (non-hydrogen) atoms. The van der Waals surface area contributed by atoms with Crippen molar-refractivity contribution in [1.29, 1.82) is 0 Å². The number of rotatable bonds is 5. The maximum atomic E-state index is 3.46. The van der Waals surface area contributed by atoms with Crippen LogP contribution in [0.4, 0.5) is 0 Å². The van der Waals surface area contributed by atoms with Crippen molar-refractivity contribution in [2.45, 2.75) is 67.2 Å². The molecule has 0 fully saturated rings. The van der Waals surface area contributed by atoms with E-state index in [1.807, 2.05) is 46.8 Å². The molecule has 0 radical (unpaired) electrons. The van der Waals surface area contributed by atoms with Gasteiger partial charge in [-0.15, -0.1) is 0 Å². The molecular weight excluding hydrogens is 961 g/mol. The summed E-state index contributed by atoms with van der Waals surface area (Å²) in [7, 11) is 0. The third-order valence-electron chi connectivity index (χ3n) is 16.1. The molecule has 0 saturated carbocycles. The van der Waals surface area contributed by atoms with Crippen LogP contribution in [0.3, 0.4) is 0 Å². The molecule has 0 amide bonds. The molecule has 13 aromatic rings. The Morgan fingerprint density at radius 3 is 1.60 bits per heavy atom. The summed E-state index contributed by atoms with van der Waals surface area (Å²) < 4.78 is 0. The van der Waals surface area contributed by atoms with Crippen LogP contribution in [0.1, 0.15) is 87.4 Å². The van der Waals surface area contributed by atoms with Crippen molar-refractivity contribution in [3.63, 3.8) is 0 Å². The summed E-state index contributed by atoms with van der Waals surface area (Å²) in [6.07, 6.45) is 12.5. The highest BCUT2D eigenvalue weighted by molar-refractivity contribution is 6.25. The average molecular weight is 1030 g/mol. The van der Waals surface area contributed by atoms with E-state index in [9.17, 15) is 0 Å². The van der Waals surface area contributed by atoms with E-state index in [0.717, 1.165) is 0 Å². The van der Waals surface area contributed by atoms with Crippen molar-refractivity contribution in [1.82, 2.24) is 0 Å². The lowest BCUT2D eigenvalue weighted by atomic mass is 9.66. The van der Waals surface area contributed by atoms with Gasteiger partial charge in [-0.25, -0.2) is 0 Å². The molecule has 0 heterocycles. The summed E-state index contributed by atoms with van der Waals surface area (Å²) in [5, 5.41) is 15.6. The first kappa shape index (κ1) is 54.3. The first-order valence-electron chi connectivity index (χ1n) is 28.4. The smallest absolute Gasteiger partial charge is 0.0719 e. The molecule has 13 aromatic carbocycles. The summed E-state index contributed by atoms with van der Waals surface area (Å²) in [5.41, 5.74) is 16.8. The molecular formula is C80H72. The van der Waals surface area contributed by atoms with Gasteiger partial charge in [-0.05, 0) is 182 Å². The van der Waals surface area contributed by atoms with Crippen LogP contribution in [0.25, 0.3) is 104 Å². The van der Waals surface area contributed by atoms with Crippen molar-refractivity contribution in [2.24, 2.45) is 0 Å². The second kappa shape index (κ2) is 23.9. The minimum absolute atomic E-state index is 0. The number of aryl methyl sites for hydroxylation is 1. The Kier molecular flexibility index (Phi) is 16.2. The van der Waals surface area contributed by atoms with Gasteiger partial charge < -0.3 is 0 Å². The van der Waals surface area contributed by atoms with E-state index in [4.69, 9.17) is 0 Å². The monoisotopic (exact) mass is 1030 g/mol. The molecule has 0 unspecified atom stereocenters. The van der Waals surface area contributed by atoms with Crippen LogP contribution in [0, 0.1) is 6.92 Å². The lowest BCUT2D eigenvalue weighted by molar-refractivity contribution is 0.776. The Balaban J connectivity index is 0.000000294. The Labute approximate surface area is 475 Å². The summed E-state index contributed by atoms with van der Waals surface area (Å²) >= 11 is 0. The van der Waals surface area contributed by atoms with Crippen LogP contribution in [-0.4, -0.2) is 0 Å². The van der Waals surface area contributed by atoms with Gasteiger partial charge in [-0.1, -0.05) is 290 Å². The molecule has 15 rings (SSSR count). The highest BCUT2D eigenvalue weighted by Gasteiger charge is 2.48. The van der Waals surface area contributed by atoms with Gasteiger partial charge in [0, 0.05) is 0 Å². The molecule has 392 valence electrons. The average Bonchev–Trinajstić information content (AvgIpc) is 4.07. The molecule has 0 heteroatoms. The molecule has 2 aliphatic carbocycles. The highest BCUT2D eigenvalue weighted by Crippen LogP contribution is 2.60. The first-order valence-corrected chi connectivity index (χ1v) is 28.4. The van der Waals surface area contributed by atoms with Crippen LogP contribution in [0.2, 0.25) is 0 Å². The maximum Gasteiger partial charge on any atom is 0.0719 e. The zero-order chi connectivity index (χ0) is 54.5. The molecule has 0 bridgehead atoms. The van der Waals surface area contributed by atoms with E-state index in [0.29, 0.717) is 0 Å². The van der Waals surface area contributed by atoms with Crippen LogP contribution in [0.5, 0.6) is 0 Å². The topological polar surface area (TPSA) is 0 Å². The number of benzene rings is 13. The summed E-state index contributed by atoms with van der Waals surface area (Å²) in [6, 6.07) is 88.5. The third kappa shape index (κ3) is 9.39. The van der Waals surface area contributed by atoms with Gasteiger partial charge in [0.05, 0.1) is 5.41 Å². The molecule has 0 atom stereocenters. The lowest BCUT2D eigenvalue weighted by Gasteiger charge is -2.35. The Morgan fingerprint density at radius 2 is 0.963 bits per heavy atom. The maximum absolute atomic E-state index is 3.46. The molecule has 0 nitrogen and oxygen atoms in total. The van der Waals surface area contributed by atoms with E-state index in [-0.39, 0.29) is 7.43 Å². The zero-order valence-corrected chi connectivity index (χ0v) is 46.5. The van der Waals surface area contributed by atoms with Gasteiger partial charge >= 0.3 is 0 Å². The first-order chi connectivity index (χ1) is 39.0. The fraction of sp³-hybridized carbons (Fsp3) is 0.125. The van der Waals surface area contributed by atoms with Crippen molar-refractivity contribution in [3.05, 3.63) is 306 Å². The molecule has 0 aliphatic heterocycles. The highest BCUT2D eigenvalue weighted by atomic mass is 14.5. The van der Waals surface area contributed by atoms with Crippen LogP contribution in [-0.2, 0) is 11.8 Å². The van der Waals surface area contributed by atoms with Crippen molar-refractivity contribution in [2.75, 3.05) is 0 Å². The van der Waals surface area contributed by atoms with Crippen LogP contribution < -0.4 is 0 Å². The van der Waals surface area contributed by atoms with E-state index in [1.54, 1.807) is 6.08 Å². The van der Waals surface area contributed by atoms with E-state index < -0.39 is 5.41 Å². The van der Waals surface area contributed by atoms with Gasteiger partial charge in [0.2, 0.25) is 0 Å². The van der Waals surface area contributed by atoms with E-state index in [1.165, 1.54) is 150 Å². The fourth-order valence-electron chi connectivity index (χ4n) is 12.7. The van der Waals surface area contributed by atoms with E-state index >= 15 is 0 Å². The molecule has 0 saturated heterocycles. The molecule has 0 aromatic heterocycles. The third-order valence-corrected chi connectivity index (χ3v) is 16.1. The van der Waals surface area contributed by atoms with Crippen LogP contribution >= 0.6 is 0 Å². The second-order valence-electron chi connectivity index (χ2n) is 20.2. The summed E-state index contributed by atoms with van der Waals surface area (Å²) in [5.74, 6) is 0. The minimum Gasteiger partial charge on any atom is -0.0991 e. The van der Waals surface area contributed by atoms with Gasteiger partial charge in [-0.2, -0.15) is 0 Å². The van der Waals surface area contributed by atoms with Gasteiger partial charge in [-0.3, -0.25) is 0 Å². The largest absolute Gasteiger partial charge is 0.0991 e.